The minimum atomic E-state index is -0.756. The number of carbonyl (C=O) groups excluding carboxylic acids is 4. The maximum absolute atomic E-state index is 13.7. The second-order valence-corrected chi connectivity index (χ2v) is 10.6. The molecule has 8 heteroatoms. The van der Waals surface area contributed by atoms with Crippen LogP contribution >= 0.6 is 0 Å². The number of likely N-dealkylation sites (tertiary alicyclic amines) is 2. The first-order valence-corrected chi connectivity index (χ1v) is 12.9. The lowest BCUT2D eigenvalue weighted by atomic mass is 10.0. The largest absolute Gasteiger partial charge is 0.378 e. The molecule has 0 aromatic heterocycles. The smallest absolute Gasteiger partial charge is 0.254 e. The van der Waals surface area contributed by atoms with Crippen LogP contribution in [0.15, 0.2) is 48.5 Å². The van der Waals surface area contributed by atoms with E-state index in [0.717, 1.165) is 11.3 Å². The molecule has 0 bridgehead atoms. The van der Waals surface area contributed by atoms with Crippen LogP contribution in [-0.4, -0.2) is 78.6 Å². The Morgan fingerprint density at radius 3 is 2.32 bits per heavy atom. The number of ketones is 1. The topological polar surface area (TPSA) is 90.0 Å². The Balaban J connectivity index is 1.51. The first-order valence-electron chi connectivity index (χ1n) is 12.9. The molecular formula is C29H36N4O4. The van der Waals surface area contributed by atoms with Crippen LogP contribution in [0, 0.1) is 12.8 Å². The van der Waals surface area contributed by atoms with Crippen molar-refractivity contribution >= 4 is 29.2 Å². The van der Waals surface area contributed by atoms with Gasteiger partial charge in [-0.1, -0.05) is 32.0 Å². The van der Waals surface area contributed by atoms with Gasteiger partial charge in [-0.2, -0.15) is 0 Å². The highest BCUT2D eigenvalue weighted by Gasteiger charge is 2.52. The van der Waals surface area contributed by atoms with Crippen LogP contribution < -0.4 is 10.2 Å². The fraction of sp³-hybridized carbons (Fsp3) is 0.448. The van der Waals surface area contributed by atoms with E-state index in [1.165, 1.54) is 0 Å². The lowest BCUT2D eigenvalue weighted by Crippen LogP contribution is -2.53. The SMILES string of the molecule is Cc1ccccc1C(=O)N1CC(=O)[C@@H]2C1CCN2C(=O)[C@H](CC(C)C)NC(=O)c1ccc(N(C)C)cc1. The average Bonchev–Trinajstić information content (AvgIpc) is 3.44. The van der Waals surface area contributed by atoms with Crippen molar-refractivity contribution in [2.45, 2.75) is 51.7 Å². The number of hydrogen-bond donors (Lipinski definition) is 1. The molecule has 2 aromatic carbocycles. The summed E-state index contributed by atoms with van der Waals surface area (Å²) in [7, 11) is 3.85. The van der Waals surface area contributed by atoms with Crippen molar-refractivity contribution in [2.75, 3.05) is 32.1 Å². The number of hydrogen-bond acceptors (Lipinski definition) is 5. The number of fused-ring (bicyclic) bond motifs is 1. The molecule has 2 heterocycles. The molecule has 2 aliphatic rings. The summed E-state index contributed by atoms with van der Waals surface area (Å²) < 4.78 is 0. The van der Waals surface area contributed by atoms with Crippen LogP contribution in [-0.2, 0) is 9.59 Å². The molecule has 196 valence electrons. The normalized spacial score (nSPS) is 19.7. The predicted molar refractivity (Wildman–Crippen MR) is 143 cm³/mol. The molecule has 3 amide bonds. The maximum atomic E-state index is 13.7. The van der Waals surface area contributed by atoms with Gasteiger partial charge in [0.2, 0.25) is 5.91 Å². The first kappa shape index (κ1) is 26.4. The van der Waals surface area contributed by atoms with Gasteiger partial charge in [0.05, 0.1) is 12.6 Å². The highest BCUT2D eigenvalue weighted by molar-refractivity contribution is 6.04. The van der Waals surface area contributed by atoms with Crippen LogP contribution in [0.2, 0.25) is 0 Å². The van der Waals surface area contributed by atoms with Gasteiger partial charge in [0.15, 0.2) is 5.78 Å². The molecule has 0 saturated carbocycles. The zero-order chi connectivity index (χ0) is 26.9. The molecule has 37 heavy (non-hydrogen) atoms. The van der Waals surface area contributed by atoms with E-state index >= 15 is 0 Å². The number of rotatable bonds is 7. The van der Waals surface area contributed by atoms with E-state index < -0.39 is 12.1 Å². The van der Waals surface area contributed by atoms with E-state index in [4.69, 9.17) is 0 Å². The van der Waals surface area contributed by atoms with Gasteiger partial charge >= 0.3 is 0 Å². The molecule has 2 saturated heterocycles. The van der Waals surface area contributed by atoms with Gasteiger partial charge in [0, 0.05) is 37.5 Å². The van der Waals surface area contributed by atoms with Gasteiger partial charge in [-0.15, -0.1) is 0 Å². The Bertz CT molecular complexity index is 1190. The summed E-state index contributed by atoms with van der Waals surface area (Å²) in [5.41, 5.74) is 2.87. The fourth-order valence-corrected chi connectivity index (χ4v) is 5.35. The molecular weight excluding hydrogens is 468 g/mol. The monoisotopic (exact) mass is 504 g/mol. The molecule has 2 aromatic rings. The van der Waals surface area contributed by atoms with Gasteiger partial charge in [0.25, 0.3) is 11.8 Å². The zero-order valence-corrected chi connectivity index (χ0v) is 22.2. The molecule has 2 aliphatic heterocycles. The van der Waals surface area contributed by atoms with E-state index in [2.05, 4.69) is 5.32 Å². The summed E-state index contributed by atoms with van der Waals surface area (Å²) in [5, 5.41) is 2.92. The van der Waals surface area contributed by atoms with Gasteiger partial charge in [0.1, 0.15) is 12.1 Å². The van der Waals surface area contributed by atoms with Crippen LogP contribution in [0.1, 0.15) is 53.0 Å². The van der Waals surface area contributed by atoms with E-state index in [1.807, 2.05) is 70.1 Å². The van der Waals surface area contributed by atoms with Gasteiger partial charge in [-0.05, 0) is 61.6 Å². The average molecular weight is 505 g/mol. The number of benzene rings is 2. The van der Waals surface area contributed by atoms with E-state index in [0.29, 0.717) is 30.5 Å². The van der Waals surface area contributed by atoms with Crippen molar-refractivity contribution < 1.29 is 19.2 Å². The van der Waals surface area contributed by atoms with Crippen molar-refractivity contribution in [3.05, 3.63) is 65.2 Å². The number of amides is 3. The lowest BCUT2D eigenvalue weighted by Gasteiger charge is -2.29. The van der Waals surface area contributed by atoms with Gasteiger partial charge in [-0.25, -0.2) is 0 Å². The van der Waals surface area contributed by atoms with Gasteiger partial charge < -0.3 is 20.0 Å². The summed E-state index contributed by atoms with van der Waals surface area (Å²) in [5.74, 6) is -0.748. The zero-order valence-electron chi connectivity index (χ0n) is 22.2. The number of aryl methyl sites for hydroxylation is 1. The number of carbonyl (C=O) groups is 4. The third-order valence-electron chi connectivity index (χ3n) is 7.30. The van der Waals surface area contributed by atoms with Crippen molar-refractivity contribution in [3.8, 4) is 0 Å². The molecule has 0 aliphatic carbocycles. The summed E-state index contributed by atoms with van der Waals surface area (Å²) >= 11 is 0. The Labute approximate surface area is 218 Å². The molecule has 0 spiro atoms. The van der Waals surface area contributed by atoms with Crippen molar-refractivity contribution in [3.63, 3.8) is 0 Å². The highest BCUT2D eigenvalue weighted by atomic mass is 16.2. The quantitative estimate of drug-likeness (QED) is 0.626. The summed E-state index contributed by atoms with van der Waals surface area (Å²) in [6.45, 7) is 6.23. The lowest BCUT2D eigenvalue weighted by molar-refractivity contribution is -0.138. The van der Waals surface area contributed by atoms with Crippen LogP contribution in [0.4, 0.5) is 5.69 Å². The minimum Gasteiger partial charge on any atom is -0.378 e. The molecule has 2 fully saturated rings. The van der Waals surface area contributed by atoms with Gasteiger partial charge in [-0.3, -0.25) is 19.2 Å². The molecule has 8 nitrogen and oxygen atoms in total. The van der Waals surface area contributed by atoms with E-state index in [1.54, 1.807) is 28.0 Å². The van der Waals surface area contributed by atoms with E-state index in [9.17, 15) is 19.2 Å². The Morgan fingerprint density at radius 2 is 1.70 bits per heavy atom. The number of nitrogens with zero attached hydrogens (tertiary/aromatic N) is 3. The van der Waals surface area contributed by atoms with Crippen molar-refractivity contribution in [2.24, 2.45) is 5.92 Å². The second-order valence-electron chi connectivity index (χ2n) is 10.6. The Kier molecular flexibility index (Phi) is 7.66. The highest BCUT2D eigenvalue weighted by Crippen LogP contribution is 2.32. The predicted octanol–water partition coefficient (Wildman–Crippen LogP) is 2.90. The number of nitrogens with one attached hydrogen (secondary N) is 1. The molecule has 1 unspecified atom stereocenters. The minimum absolute atomic E-state index is 0.00822. The number of anilines is 1. The Morgan fingerprint density at radius 1 is 1.03 bits per heavy atom. The maximum Gasteiger partial charge on any atom is 0.254 e. The van der Waals surface area contributed by atoms with Crippen LogP contribution in [0.5, 0.6) is 0 Å². The molecule has 3 atom stereocenters. The first-order chi connectivity index (χ1) is 17.6. The van der Waals surface area contributed by atoms with E-state index in [-0.39, 0.29) is 42.0 Å². The van der Waals surface area contributed by atoms with Crippen LogP contribution in [0.25, 0.3) is 0 Å². The van der Waals surface area contributed by atoms with Crippen LogP contribution in [0.3, 0.4) is 0 Å². The summed E-state index contributed by atoms with van der Waals surface area (Å²) in [6, 6.07) is 12.7. The second kappa shape index (κ2) is 10.7. The molecule has 1 N–H and O–H groups in total. The fourth-order valence-electron chi connectivity index (χ4n) is 5.35. The third-order valence-corrected chi connectivity index (χ3v) is 7.30. The number of Topliss-reactive ketones (excluding diaryl/α,β-unsaturated/α-hetero) is 1. The third kappa shape index (κ3) is 5.38. The van der Waals surface area contributed by atoms with Crippen molar-refractivity contribution in [1.82, 2.24) is 15.1 Å². The molecule has 4 rings (SSSR count). The Hall–Kier alpha value is -3.68. The molecule has 0 radical (unpaired) electrons. The van der Waals surface area contributed by atoms with Crippen molar-refractivity contribution in [1.29, 1.82) is 0 Å². The standard InChI is InChI=1S/C29H36N4O4/c1-18(2)16-23(30-27(35)20-10-12-21(13-11-20)31(4)5)29(37)32-15-14-24-26(32)25(34)17-33(24)28(36)22-9-7-6-8-19(22)3/h6-13,18,23-24,26H,14-17H2,1-5H3,(H,30,35)/t23-,24?,26-/m0/s1. The summed E-state index contributed by atoms with van der Waals surface area (Å²) in [4.78, 5) is 58.3. The summed E-state index contributed by atoms with van der Waals surface area (Å²) in [6.07, 6.45) is 0.988.